The molecule has 4 heteroatoms. The summed E-state index contributed by atoms with van der Waals surface area (Å²) < 4.78 is 0. The molecule has 0 bridgehead atoms. The summed E-state index contributed by atoms with van der Waals surface area (Å²) >= 11 is 0. The second-order valence-corrected chi connectivity index (χ2v) is 4.66. The molecule has 3 heterocycles. The summed E-state index contributed by atoms with van der Waals surface area (Å²) in [6, 6.07) is 6.73. The molecule has 4 nitrogen and oxygen atoms in total. The van der Waals surface area contributed by atoms with Gasteiger partial charge in [-0.2, -0.15) is 0 Å². The Hall–Kier alpha value is -1.65. The maximum absolute atomic E-state index is 4.40. The molecule has 1 saturated heterocycles. The van der Waals surface area contributed by atoms with Crippen LogP contribution in [0.3, 0.4) is 0 Å². The molecule has 0 spiro atoms. The van der Waals surface area contributed by atoms with Crippen molar-refractivity contribution in [2.24, 2.45) is 0 Å². The van der Waals surface area contributed by atoms with Crippen LogP contribution in [0.4, 0.5) is 0 Å². The van der Waals surface area contributed by atoms with Crippen LogP contribution >= 0.6 is 0 Å². The third-order valence-corrected chi connectivity index (χ3v) is 3.43. The molecule has 0 saturated carbocycles. The highest BCUT2D eigenvalue weighted by Gasteiger charge is 2.24. The Bertz CT molecular complexity index is 444. The Balaban J connectivity index is 1.61. The van der Waals surface area contributed by atoms with E-state index in [1.54, 1.807) is 0 Å². The molecule has 2 aliphatic rings. The maximum atomic E-state index is 4.40. The van der Waals surface area contributed by atoms with Gasteiger partial charge in [0.25, 0.3) is 0 Å². The Morgan fingerprint density at radius 1 is 1.11 bits per heavy atom. The van der Waals surface area contributed by atoms with Crippen molar-refractivity contribution in [2.75, 3.05) is 6.54 Å². The van der Waals surface area contributed by atoms with Crippen LogP contribution in [0, 0.1) is 0 Å². The van der Waals surface area contributed by atoms with Crippen molar-refractivity contribution >= 4 is 0 Å². The second kappa shape index (κ2) is 5.33. The number of nitrogens with one attached hydrogen (secondary N) is 3. The Labute approximate surface area is 107 Å². The van der Waals surface area contributed by atoms with Gasteiger partial charge in [0.15, 0.2) is 0 Å². The quantitative estimate of drug-likeness (QED) is 0.734. The predicted molar refractivity (Wildman–Crippen MR) is 71.5 cm³/mol. The molecular weight excluding hydrogens is 224 g/mol. The van der Waals surface area contributed by atoms with Gasteiger partial charge in [0.05, 0.1) is 17.8 Å². The molecule has 1 aromatic heterocycles. The van der Waals surface area contributed by atoms with Gasteiger partial charge in [0.2, 0.25) is 0 Å². The van der Waals surface area contributed by atoms with Crippen LogP contribution in [0.5, 0.6) is 0 Å². The summed E-state index contributed by atoms with van der Waals surface area (Å²) in [6.45, 7) is 0.924. The first-order valence-electron chi connectivity index (χ1n) is 6.46. The Morgan fingerprint density at radius 3 is 2.67 bits per heavy atom. The minimum absolute atomic E-state index is 0.308. The molecule has 0 amide bonds. The highest BCUT2D eigenvalue weighted by Crippen LogP contribution is 2.22. The first kappa shape index (κ1) is 11.4. The van der Waals surface area contributed by atoms with Crippen molar-refractivity contribution in [2.45, 2.75) is 24.9 Å². The summed E-state index contributed by atoms with van der Waals surface area (Å²) in [5.74, 6) is 0. The van der Waals surface area contributed by atoms with Gasteiger partial charge in [0, 0.05) is 18.4 Å². The largest absolute Gasteiger partial charge is 0.384 e. The van der Waals surface area contributed by atoms with E-state index in [2.05, 4.69) is 45.4 Å². The number of aromatic nitrogens is 1. The molecule has 0 aromatic carbocycles. The fraction of sp³-hybridized carbons (Fsp3) is 0.357. The summed E-state index contributed by atoms with van der Waals surface area (Å²) in [6.07, 6.45) is 10.4. The minimum atomic E-state index is 0.308. The molecule has 3 N–H and O–H groups in total. The van der Waals surface area contributed by atoms with Crippen molar-refractivity contribution in [1.82, 2.24) is 21.2 Å². The van der Waals surface area contributed by atoms with E-state index in [1.807, 2.05) is 18.3 Å². The smallest absolute Gasteiger partial charge is 0.0635 e. The van der Waals surface area contributed by atoms with Gasteiger partial charge < -0.3 is 5.32 Å². The lowest BCUT2D eigenvalue weighted by Crippen LogP contribution is -2.50. The molecule has 94 valence electrons. The fourth-order valence-electron chi connectivity index (χ4n) is 2.43. The van der Waals surface area contributed by atoms with Gasteiger partial charge >= 0.3 is 0 Å². The standard InChI is InChI=1S/C14H18N4/c1-3-9-15-11(5-1)13-7-8-14(18-17-13)12-6-2-4-10-16-12/h1-6,9,13-14,16-18H,7-8,10H2. The second-order valence-electron chi connectivity index (χ2n) is 4.66. The van der Waals surface area contributed by atoms with Crippen LogP contribution < -0.4 is 16.2 Å². The number of hydrogen-bond donors (Lipinski definition) is 3. The molecule has 1 aromatic rings. The van der Waals surface area contributed by atoms with Gasteiger partial charge in [-0.05, 0) is 31.1 Å². The lowest BCUT2D eigenvalue weighted by molar-refractivity contribution is 0.291. The average molecular weight is 242 g/mol. The number of nitrogens with zero attached hydrogens (tertiary/aromatic N) is 1. The normalized spacial score (nSPS) is 27.4. The number of hydrazine groups is 1. The van der Waals surface area contributed by atoms with Gasteiger partial charge in [-0.3, -0.25) is 4.98 Å². The molecule has 3 rings (SSSR count). The molecule has 2 aliphatic heterocycles. The molecule has 18 heavy (non-hydrogen) atoms. The zero-order valence-electron chi connectivity index (χ0n) is 10.3. The summed E-state index contributed by atoms with van der Waals surface area (Å²) in [4.78, 5) is 4.40. The maximum Gasteiger partial charge on any atom is 0.0635 e. The predicted octanol–water partition coefficient (Wildman–Crippen LogP) is 1.42. The summed E-state index contributed by atoms with van der Waals surface area (Å²) in [7, 11) is 0. The SMILES string of the molecule is C1=CCNC(C2CCC(c3ccccn3)NN2)=C1. The van der Waals surface area contributed by atoms with Crippen molar-refractivity contribution in [3.8, 4) is 0 Å². The van der Waals surface area contributed by atoms with E-state index in [1.165, 1.54) is 5.70 Å². The molecular formula is C14H18N4. The van der Waals surface area contributed by atoms with Crippen LogP contribution in [0.2, 0.25) is 0 Å². The third kappa shape index (κ3) is 2.44. The van der Waals surface area contributed by atoms with Crippen LogP contribution in [0.15, 0.2) is 48.3 Å². The first-order chi connectivity index (χ1) is 8.93. The highest BCUT2D eigenvalue weighted by molar-refractivity contribution is 5.22. The molecule has 2 atom stereocenters. The van der Waals surface area contributed by atoms with Crippen LogP contribution in [-0.2, 0) is 0 Å². The number of hydrogen-bond acceptors (Lipinski definition) is 4. The van der Waals surface area contributed by atoms with Crippen molar-refractivity contribution in [3.05, 3.63) is 54.0 Å². The van der Waals surface area contributed by atoms with Crippen molar-refractivity contribution in [1.29, 1.82) is 0 Å². The zero-order chi connectivity index (χ0) is 12.2. The van der Waals surface area contributed by atoms with Crippen molar-refractivity contribution in [3.63, 3.8) is 0 Å². The molecule has 1 fully saturated rings. The third-order valence-electron chi connectivity index (χ3n) is 3.43. The number of pyridine rings is 1. The van der Waals surface area contributed by atoms with E-state index >= 15 is 0 Å². The highest BCUT2D eigenvalue weighted by atomic mass is 15.4. The minimum Gasteiger partial charge on any atom is -0.384 e. The number of rotatable bonds is 2. The van der Waals surface area contributed by atoms with Crippen LogP contribution in [0.25, 0.3) is 0 Å². The number of allylic oxidation sites excluding steroid dienone is 2. The van der Waals surface area contributed by atoms with E-state index in [-0.39, 0.29) is 0 Å². The van der Waals surface area contributed by atoms with Crippen LogP contribution in [-0.4, -0.2) is 17.6 Å². The topological polar surface area (TPSA) is 49.0 Å². The van der Waals surface area contributed by atoms with E-state index in [0.29, 0.717) is 12.1 Å². The van der Waals surface area contributed by atoms with E-state index < -0.39 is 0 Å². The van der Waals surface area contributed by atoms with Crippen molar-refractivity contribution < 1.29 is 0 Å². The Kier molecular flexibility index (Phi) is 3.39. The molecule has 0 radical (unpaired) electrons. The lowest BCUT2D eigenvalue weighted by Gasteiger charge is -2.33. The van der Waals surface area contributed by atoms with E-state index in [9.17, 15) is 0 Å². The van der Waals surface area contributed by atoms with Gasteiger partial charge in [-0.15, -0.1) is 0 Å². The summed E-state index contributed by atoms with van der Waals surface area (Å²) in [5, 5.41) is 3.40. The Morgan fingerprint density at radius 2 is 2.00 bits per heavy atom. The summed E-state index contributed by atoms with van der Waals surface area (Å²) in [5.41, 5.74) is 9.12. The van der Waals surface area contributed by atoms with Gasteiger partial charge in [-0.1, -0.05) is 18.2 Å². The number of dihydropyridines is 1. The monoisotopic (exact) mass is 242 g/mol. The van der Waals surface area contributed by atoms with Gasteiger partial charge in [0.1, 0.15) is 0 Å². The molecule has 0 aliphatic carbocycles. The lowest BCUT2D eigenvalue weighted by atomic mass is 9.98. The first-order valence-corrected chi connectivity index (χ1v) is 6.46. The van der Waals surface area contributed by atoms with E-state index in [0.717, 1.165) is 25.1 Å². The zero-order valence-corrected chi connectivity index (χ0v) is 10.3. The van der Waals surface area contributed by atoms with Crippen LogP contribution in [0.1, 0.15) is 24.6 Å². The van der Waals surface area contributed by atoms with Gasteiger partial charge in [-0.25, -0.2) is 10.9 Å². The average Bonchev–Trinajstić information content (AvgIpc) is 2.49. The van der Waals surface area contributed by atoms with E-state index in [4.69, 9.17) is 0 Å². The molecule has 2 unspecified atom stereocenters. The fourth-order valence-corrected chi connectivity index (χ4v) is 2.43.